The molecule has 1 aromatic heterocycles. The van der Waals surface area contributed by atoms with Crippen LogP contribution >= 0.6 is 11.3 Å². The first-order chi connectivity index (χ1) is 14.5. The fourth-order valence-corrected chi connectivity index (χ4v) is 4.98. The molecule has 2 aliphatic rings. The molecule has 13 heteroatoms. The smallest absolute Gasteiger partial charge is 0.348 e. The number of anilines is 1. The minimum atomic E-state index is -5.04. The summed E-state index contributed by atoms with van der Waals surface area (Å²) in [5.41, 5.74) is -4.72. The lowest BCUT2D eigenvalue weighted by Gasteiger charge is -2.37. The van der Waals surface area contributed by atoms with Crippen molar-refractivity contribution in [2.45, 2.75) is 37.8 Å². The van der Waals surface area contributed by atoms with Gasteiger partial charge in [0, 0.05) is 25.9 Å². The van der Waals surface area contributed by atoms with Gasteiger partial charge in [-0.2, -0.15) is 23.4 Å². The highest BCUT2D eigenvalue weighted by atomic mass is 32.1. The molecule has 0 N–H and O–H groups in total. The van der Waals surface area contributed by atoms with E-state index in [1.807, 2.05) is 6.92 Å². The molecule has 1 atom stereocenters. The van der Waals surface area contributed by atoms with E-state index < -0.39 is 44.6 Å². The molecule has 9 nitrogen and oxygen atoms in total. The summed E-state index contributed by atoms with van der Waals surface area (Å²) in [5, 5.41) is 20.4. The van der Waals surface area contributed by atoms with Crippen molar-refractivity contribution < 1.29 is 27.6 Å². The summed E-state index contributed by atoms with van der Waals surface area (Å²) in [6, 6.07) is 1.74. The third-order valence-electron chi connectivity index (χ3n) is 5.27. The number of benzene rings is 1. The van der Waals surface area contributed by atoms with Crippen LogP contribution in [-0.2, 0) is 15.7 Å². The number of alkyl halides is 3. The Balaban J connectivity index is 1.80. The summed E-state index contributed by atoms with van der Waals surface area (Å²) in [6.07, 6.45) is -4.15. The molecule has 2 saturated heterocycles. The van der Waals surface area contributed by atoms with Crippen LogP contribution in [-0.4, -0.2) is 41.5 Å². The number of hydrogen-bond acceptors (Lipinski definition) is 9. The molecule has 0 saturated carbocycles. The third kappa shape index (κ3) is 3.71. The highest BCUT2D eigenvalue weighted by Crippen LogP contribution is 2.42. The highest BCUT2D eigenvalue weighted by Gasteiger charge is 2.43. The lowest BCUT2D eigenvalue weighted by molar-refractivity contribution is -0.383. The maximum Gasteiger partial charge on any atom is 0.417 e. The Bertz CT molecular complexity index is 1170. The fourth-order valence-electron chi connectivity index (χ4n) is 3.83. The first-order valence-corrected chi connectivity index (χ1v) is 10.1. The number of nitrogens with zero attached hydrogens (tertiary/aromatic N) is 4. The van der Waals surface area contributed by atoms with Crippen LogP contribution < -0.4 is 10.5 Å². The largest absolute Gasteiger partial charge is 0.417 e. The van der Waals surface area contributed by atoms with Crippen molar-refractivity contribution in [1.29, 1.82) is 5.26 Å². The van der Waals surface area contributed by atoms with Gasteiger partial charge in [0.05, 0.1) is 28.6 Å². The summed E-state index contributed by atoms with van der Waals surface area (Å²) < 4.78 is 51.3. The van der Waals surface area contributed by atoms with Crippen molar-refractivity contribution >= 4 is 32.2 Å². The van der Waals surface area contributed by atoms with E-state index in [2.05, 4.69) is 4.98 Å². The van der Waals surface area contributed by atoms with E-state index in [9.17, 15) is 33.3 Å². The Morgan fingerprint density at radius 1 is 1.42 bits per heavy atom. The van der Waals surface area contributed by atoms with Gasteiger partial charge >= 0.3 is 11.9 Å². The Kier molecular flexibility index (Phi) is 5.11. The maximum atomic E-state index is 13.4. The van der Waals surface area contributed by atoms with Crippen molar-refractivity contribution in [3.8, 4) is 6.07 Å². The van der Waals surface area contributed by atoms with Gasteiger partial charge in [-0.05, 0) is 13.0 Å². The first kappa shape index (κ1) is 21.4. The predicted molar refractivity (Wildman–Crippen MR) is 103 cm³/mol. The molecule has 164 valence electrons. The Hall–Kier alpha value is -2.82. The number of nitro groups is 1. The van der Waals surface area contributed by atoms with Crippen LogP contribution in [0.5, 0.6) is 0 Å². The van der Waals surface area contributed by atoms with Crippen LogP contribution in [0.1, 0.15) is 30.9 Å². The molecule has 0 unspecified atom stereocenters. The molecule has 1 spiro atoms. The van der Waals surface area contributed by atoms with Gasteiger partial charge in [-0.25, -0.2) is 0 Å². The number of piperidine rings is 1. The predicted octanol–water partition coefficient (Wildman–Crippen LogP) is 3.19. The second kappa shape index (κ2) is 7.40. The molecular weight excluding hydrogens is 441 g/mol. The zero-order valence-corrected chi connectivity index (χ0v) is 16.9. The molecule has 0 bridgehead atoms. The van der Waals surface area contributed by atoms with E-state index in [4.69, 9.17) is 9.47 Å². The standard InChI is InChI=1S/C18H15F3N4O5S/c1-9-8-29-17(30-9)2-4-24(5-3-17)16-23-15(26)10-6-12(18(19,20)21)11(7-22)13(25(27)28)14(10)31-16/h6,9H,2-5,8H2,1H3/t9-/m0/s1. The van der Waals surface area contributed by atoms with Gasteiger partial charge in [-0.1, -0.05) is 11.3 Å². The lowest BCUT2D eigenvalue weighted by atomic mass is 10.0. The van der Waals surface area contributed by atoms with Crippen LogP contribution in [0.4, 0.5) is 24.0 Å². The van der Waals surface area contributed by atoms with Crippen molar-refractivity contribution in [2.24, 2.45) is 0 Å². The zero-order valence-electron chi connectivity index (χ0n) is 16.1. The number of rotatable bonds is 2. The van der Waals surface area contributed by atoms with Crippen molar-refractivity contribution in [3.63, 3.8) is 0 Å². The van der Waals surface area contributed by atoms with E-state index in [1.54, 1.807) is 4.90 Å². The maximum absolute atomic E-state index is 13.4. The van der Waals surface area contributed by atoms with Crippen LogP contribution in [0.25, 0.3) is 10.1 Å². The molecular formula is C18H15F3N4O5S. The number of hydrogen-bond donors (Lipinski definition) is 0. The second-order valence-corrected chi connectivity index (χ2v) is 8.31. The molecule has 2 fully saturated rings. The molecule has 0 aliphatic carbocycles. The molecule has 4 rings (SSSR count). The monoisotopic (exact) mass is 456 g/mol. The molecule has 0 amide bonds. The summed E-state index contributed by atoms with van der Waals surface area (Å²) >= 11 is 0.716. The first-order valence-electron chi connectivity index (χ1n) is 9.25. The molecule has 3 heterocycles. The van der Waals surface area contributed by atoms with Crippen LogP contribution in [0, 0.1) is 21.4 Å². The Morgan fingerprint density at radius 2 is 2.10 bits per heavy atom. The highest BCUT2D eigenvalue weighted by molar-refractivity contribution is 7.22. The Morgan fingerprint density at radius 3 is 2.61 bits per heavy atom. The van der Waals surface area contributed by atoms with Crippen LogP contribution in [0.3, 0.4) is 0 Å². The molecule has 2 aliphatic heterocycles. The minimum Gasteiger partial charge on any atom is -0.348 e. The number of nitriles is 1. The van der Waals surface area contributed by atoms with Gasteiger partial charge in [0.2, 0.25) is 0 Å². The van der Waals surface area contributed by atoms with E-state index in [0.717, 1.165) is 0 Å². The zero-order chi connectivity index (χ0) is 22.6. The van der Waals surface area contributed by atoms with E-state index >= 15 is 0 Å². The quantitative estimate of drug-likeness (QED) is 0.499. The van der Waals surface area contributed by atoms with E-state index in [0.29, 0.717) is 49.9 Å². The van der Waals surface area contributed by atoms with Gasteiger partial charge in [-0.15, -0.1) is 0 Å². The SMILES string of the molecule is C[C@H]1COC2(CCN(c3nc(=O)c4cc(C(F)(F)F)c(C#N)c([N+](=O)[O-])c4s3)CC2)O1. The van der Waals surface area contributed by atoms with Crippen molar-refractivity contribution in [2.75, 3.05) is 24.6 Å². The van der Waals surface area contributed by atoms with Gasteiger partial charge in [0.1, 0.15) is 16.3 Å². The van der Waals surface area contributed by atoms with Gasteiger partial charge < -0.3 is 14.4 Å². The summed E-state index contributed by atoms with van der Waals surface area (Å²) in [5.74, 6) is -0.723. The minimum absolute atomic E-state index is 0.0451. The Labute approximate surface area is 176 Å². The van der Waals surface area contributed by atoms with Crippen LogP contribution in [0.15, 0.2) is 10.9 Å². The van der Waals surface area contributed by atoms with Crippen molar-refractivity contribution in [3.05, 3.63) is 37.7 Å². The number of nitro benzene ring substituents is 1. The number of aromatic nitrogens is 1. The van der Waals surface area contributed by atoms with Crippen LogP contribution in [0.2, 0.25) is 0 Å². The summed E-state index contributed by atoms with van der Waals surface area (Å²) in [4.78, 5) is 28.6. The fraction of sp³-hybridized carbons (Fsp3) is 0.500. The number of fused-ring (bicyclic) bond motifs is 1. The third-order valence-corrected chi connectivity index (χ3v) is 6.42. The number of halogens is 3. The van der Waals surface area contributed by atoms with E-state index in [-0.39, 0.29) is 15.9 Å². The number of ether oxygens (including phenoxy) is 2. The van der Waals surface area contributed by atoms with E-state index in [1.165, 1.54) is 6.07 Å². The van der Waals surface area contributed by atoms with Gasteiger partial charge in [0.15, 0.2) is 10.9 Å². The summed E-state index contributed by atoms with van der Waals surface area (Å²) in [7, 11) is 0. The average molecular weight is 456 g/mol. The normalized spacial score (nSPS) is 20.9. The molecule has 31 heavy (non-hydrogen) atoms. The second-order valence-electron chi connectivity index (χ2n) is 7.33. The molecule has 1 aromatic carbocycles. The topological polar surface area (TPSA) is 119 Å². The summed E-state index contributed by atoms with van der Waals surface area (Å²) in [6.45, 7) is 3.10. The van der Waals surface area contributed by atoms with Gasteiger partial charge in [-0.3, -0.25) is 14.9 Å². The van der Waals surface area contributed by atoms with Crippen molar-refractivity contribution in [1.82, 2.24) is 4.98 Å². The molecule has 2 aromatic rings. The molecule has 0 radical (unpaired) electrons. The average Bonchev–Trinajstić information content (AvgIpc) is 3.06. The lowest BCUT2D eigenvalue weighted by Crippen LogP contribution is -2.45. The van der Waals surface area contributed by atoms with Gasteiger partial charge in [0.25, 0.3) is 5.56 Å².